The maximum Gasteiger partial charge on any atom is 0.248 e. The van der Waals surface area contributed by atoms with Gasteiger partial charge in [0.25, 0.3) is 0 Å². The van der Waals surface area contributed by atoms with Crippen LogP contribution in [0.4, 0.5) is 5.69 Å². The van der Waals surface area contributed by atoms with Gasteiger partial charge in [0.2, 0.25) is 12.7 Å². The highest BCUT2D eigenvalue weighted by atomic mass is 79.9. The molecule has 1 aliphatic heterocycles. The molecule has 104 valence electrons. The monoisotopic (exact) mass is 337 g/mol. The first-order valence-electron chi connectivity index (χ1n) is 6.03. The van der Waals surface area contributed by atoms with E-state index in [4.69, 9.17) is 9.47 Å². The van der Waals surface area contributed by atoms with Crippen molar-refractivity contribution in [2.75, 3.05) is 12.1 Å². The third-order valence-corrected chi connectivity index (χ3v) is 3.40. The first-order valence-corrected chi connectivity index (χ1v) is 6.83. The number of carbonyl (C=O) groups is 1. The van der Waals surface area contributed by atoms with E-state index < -0.39 is 6.04 Å². The zero-order chi connectivity index (χ0) is 14.1. The number of rotatable bonds is 3. The van der Waals surface area contributed by atoms with Gasteiger partial charge in [0.15, 0.2) is 11.5 Å². The lowest BCUT2D eigenvalue weighted by Crippen LogP contribution is -2.23. The summed E-state index contributed by atoms with van der Waals surface area (Å²) in [6.45, 7) is 1.99. The Labute approximate surface area is 123 Å². The van der Waals surface area contributed by atoms with Gasteiger partial charge in [-0.1, -0.05) is 0 Å². The summed E-state index contributed by atoms with van der Waals surface area (Å²) in [4.78, 5) is 12.2. The summed E-state index contributed by atoms with van der Waals surface area (Å²) < 4.78 is 12.9. The van der Waals surface area contributed by atoms with E-state index in [1.165, 1.54) is 0 Å². The number of anilines is 1. The van der Waals surface area contributed by atoms with Gasteiger partial charge >= 0.3 is 0 Å². The molecule has 2 aromatic rings. The number of benzene rings is 1. The van der Waals surface area contributed by atoms with Gasteiger partial charge in [0, 0.05) is 18.0 Å². The van der Waals surface area contributed by atoms with Gasteiger partial charge in [0.05, 0.1) is 10.7 Å². The molecule has 3 rings (SSSR count). The van der Waals surface area contributed by atoms with E-state index in [1.54, 1.807) is 42.2 Å². The van der Waals surface area contributed by atoms with Crippen molar-refractivity contribution >= 4 is 27.5 Å². The lowest BCUT2D eigenvalue weighted by atomic mass is 10.2. The maximum atomic E-state index is 12.2. The van der Waals surface area contributed by atoms with E-state index >= 15 is 0 Å². The Balaban J connectivity index is 1.72. The largest absolute Gasteiger partial charge is 0.454 e. The summed E-state index contributed by atoms with van der Waals surface area (Å²) in [5.74, 6) is 1.17. The summed E-state index contributed by atoms with van der Waals surface area (Å²) in [5, 5.41) is 6.93. The van der Waals surface area contributed by atoms with Crippen LogP contribution in [0.1, 0.15) is 13.0 Å². The topological polar surface area (TPSA) is 65.4 Å². The van der Waals surface area contributed by atoms with Crippen molar-refractivity contribution in [3.05, 3.63) is 35.1 Å². The average Bonchev–Trinajstić information content (AvgIpc) is 3.05. The van der Waals surface area contributed by atoms with Gasteiger partial charge in [0.1, 0.15) is 6.04 Å². The molecule has 6 nitrogen and oxygen atoms in total. The lowest BCUT2D eigenvalue weighted by Gasteiger charge is -2.12. The van der Waals surface area contributed by atoms with Crippen LogP contribution in [0.15, 0.2) is 35.1 Å². The van der Waals surface area contributed by atoms with Crippen molar-refractivity contribution in [2.24, 2.45) is 0 Å². The van der Waals surface area contributed by atoms with Crippen LogP contribution in [0, 0.1) is 0 Å². The minimum Gasteiger partial charge on any atom is -0.454 e. The van der Waals surface area contributed by atoms with E-state index in [2.05, 4.69) is 26.3 Å². The van der Waals surface area contributed by atoms with Crippen molar-refractivity contribution in [2.45, 2.75) is 13.0 Å². The molecule has 0 saturated heterocycles. The van der Waals surface area contributed by atoms with Crippen LogP contribution >= 0.6 is 15.9 Å². The van der Waals surface area contributed by atoms with Crippen molar-refractivity contribution < 1.29 is 14.3 Å². The Morgan fingerprint density at radius 2 is 2.25 bits per heavy atom. The summed E-state index contributed by atoms with van der Waals surface area (Å²) >= 11 is 3.30. The van der Waals surface area contributed by atoms with E-state index in [1.807, 2.05) is 0 Å². The number of nitrogens with one attached hydrogen (secondary N) is 1. The molecular formula is C13H12BrN3O3. The summed E-state index contributed by atoms with van der Waals surface area (Å²) in [6, 6.07) is 4.88. The lowest BCUT2D eigenvalue weighted by molar-refractivity contribution is -0.119. The molecule has 1 amide bonds. The SMILES string of the molecule is C[C@@H](C(=O)Nc1ccc2c(c1)OCO2)n1cc(Br)cn1. The summed E-state index contributed by atoms with van der Waals surface area (Å²) in [5.41, 5.74) is 0.664. The van der Waals surface area contributed by atoms with Gasteiger partial charge in [-0.2, -0.15) is 5.10 Å². The number of fused-ring (bicyclic) bond motifs is 1. The Morgan fingerprint density at radius 1 is 1.45 bits per heavy atom. The van der Waals surface area contributed by atoms with Crippen LogP contribution in [-0.4, -0.2) is 22.5 Å². The van der Waals surface area contributed by atoms with Crippen molar-refractivity contribution in [3.63, 3.8) is 0 Å². The molecular weight excluding hydrogens is 326 g/mol. The molecule has 0 unspecified atom stereocenters. The first kappa shape index (κ1) is 13.0. The zero-order valence-electron chi connectivity index (χ0n) is 10.7. The first-order chi connectivity index (χ1) is 9.63. The van der Waals surface area contributed by atoms with Gasteiger partial charge in [-0.25, -0.2) is 0 Å². The van der Waals surface area contributed by atoms with Gasteiger partial charge in [-0.15, -0.1) is 0 Å². The minimum absolute atomic E-state index is 0.153. The molecule has 20 heavy (non-hydrogen) atoms. The molecule has 1 N–H and O–H groups in total. The molecule has 1 aromatic heterocycles. The molecule has 1 atom stereocenters. The Hall–Kier alpha value is -2.02. The highest BCUT2D eigenvalue weighted by Crippen LogP contribution is 2.34. The van der Waals surface area contributed by atoms with Crippen LogP contribution in [0.5, 0.6) is 11.5 Å². The fourth-order valence-electron chi connectivity index (χ4n) is 1.87. The van der Waals surface area contributed by atoms with Crippen LogP contribution in [0.25, 0.3) is 0 Å². The average molecular weight is 338 g/mol. The molecule has 0 aliphatic carbocycles. The van der Waals surface area contributed by atoms with E-state index in [9.17, 15) is 4.79 Å². The minimum atomic E-state index is -0.410. The normalized spacial score (nSPS) is 14.1. The highest BCUT2D eigenvalue weighted by Gasteiger charge is 2.18. The molecule has 0 fully saturated rings. The second-order valence-electron chi connectivity index (χ2n) is 4.37. The Morgan fingerprint density at radius 3 is 3.00 bits per heavy atom. The molecule has 0 radical (unpaired) electrons. The van der Waals surface area contributed by atoms with E-state index in [-0.39, 0.29) is 12.7 Å². The molecule has 1 aliphatic rings. The quantitative estimate of drug-likeness (QED) is 0.934. The second-order valence-corrected chi connectivity index (χ2v) is 5.29. The fraction of sp³-hybridized carbons (Fsp3) is 0.231. The fourth-order valence-corrected chi connectivity index (χ4v) is 2.17. The molecule has 1 aromatic carbocycles. The molecule has 0 saturated carbocycles. The van der Waals surface area contributed by atoms with E-state index in [0.717, 1.165) is 4.47 Å². The number of ether oxygens (including phenoxy) is 2. The molecule has 7 heteroatoms. The van der Waals surface area contributed by atoms with Gasteiger partial charge < -0.3 is 14.8 Å². The maximum absolute atomic E-state index is 12.2. The number of halogens is 1. The third-order valence-electron chi connectivity index (χ3n) is 2.99. The van der Waals surface area contributed by atoms with Crippen LogP contribution < -0.4 is 14.8 Å². The number of carbonyl (C=O) groups excluding carboxylic acids is 1. The van der Waals surface area contributed by atoms with Crippen LogP contribution in [0.3, 0.4) is 0 Å². The van der Waals surface area contributed by atoms with Crippen LogP contribution in [0.2, 0.25) is 0 Å². The Kier molecular flexibility index (Phi) is 3.35. The molecule has 0 bridgehead atoms. The predicted molar refractivity (Wildman–Crippen MR) is 75.8 cm³/mol. The van der Waals surface area contributed by atoms with Gasteiger partial charge in [-0.3, -0.25) is 9.48 Å². The van der Waals surface area contributed by atoms with Crippen molar-refractivity contribution in [1.82, 2.24) is 9.78 Å². The number of hydrogen-bond donors (Lipinski definition) is 1. The number of aromatic nitrogens is 2. The zero-order valence-corrected chi connectivity index (χ0v) is 12.3. The van der Waals surface area contributed by atoms with E-state index in [0.29, 0.717) is 17.2 Å². The number of nitrogens with zero attached hydrogens (tertiary/aromatic N) is 2. The number of amides is 1. The van der Waals surface area contributed by atoms with Gasteiger partial charge in [-0.05, 0) is 35.0 Å². The van der Waals surface area contributed by atoms with Crippen LogP contribution in [-0.2, 0) is 4.79 Å². The second kappa shape index (κ2) is 5.16. The third kappa shape index (κ3) is 2.49. The van der Waals surface area contributed by atoms with Crippen molar-refractivity contribution in [1.29, 1.82) is 0 Å². The Bertz CT molecular complexity index is 656. The molecule has 2 heterocycles. The standard InChI is InChI=1S/C13H12BrN3O3/c1-8(17-6-9(14)5-15-17)13(18)16-10-2-3-11-12(4-10)20-7-19-11/h2-6,8H,7H2,1H3,(H,16,18)/t8-/m0/s1. The highest BCUT2D eigenvalue weighted by molar-refractivity contribution is 9.10. The smallest absolute Gasteiger partial charge is 0.248 e. The summed E-state index contributed by atoms with van der Waals surface area (Å²) in [7, 11) is 0. The van der Waals surface area contributed by atoms with Crippen molar-refractivity contribution in [3.8, 4) is 11.5 Å². The number of hydrogen-bond acceptors (Lipinski definition) is 4. The predicted octanol–water partition coefficient (Wildman–Crippen LogP) is 2.57. The molecule has 0 spiro atoms. The summed E-state index contributed by atoms with van der Waals surface area (Å²) in [6.07, 6.45) is 3.40.